The van der Waals surface area contributed by atoms with Crippen LogP contribution in [0.3, 0.4) is 0 Å². The summed E-state index contributed by atoms with van der Waals surface area (Å²) in [6.45, 7) is 2.26. The third-order valence-electron chi connectivity index (χ3n) is 5.08. The van der Waals surface area contributed by atoms with Crippen molar-refractivity contribution in [2.75, 3.05) is 24.5 Å². The van der Waals surface area contributed by atoms with Gasteiger partial charge in [0.1, 0.15) is 5.82 Å². The maximum absolute atomic E-state index is 12.5. The molecule has 120 valence electrons. The Bertz CT molecular complexity index is 493. The van der Waals surface area contributed by atoms with Gasteiger partial charge in [-0.2, -0.15) is 0 Å². The van der Waals surface area contributed by atoms with E-state index in [-0.39, 0.29) is 17.4 Å². The Kier molecular flexibility index (Phi) is 4.57. The molecule has 1 aromatic rings. The molecule has 0 spiro atoms. The fraction of sp³-hybridized carbons (Fsp3) is 0.688. The fourth-order valence-corrected chi connectivity index (χ4v) is 3.62. The molecule has 6 nitrogen and oxygen atoms in total. The highest BCUT2D eigenvalue weighted by Crippen LogP contribution is 2.30. The Morgan fingerprint density at radius 1 is 1.32 bits per heavy atom. The molecule has 1 saturated carbocycles. The van der Waals surface area contributed by atoms with Gasteiger partial charge in [-0.15, -0.1) is 0 Å². The molecule has 0 aromatic carbocycles. The lowest BCUT2D eigenvalue weighted by molar-refractivity contribution is -0.127. The maximum atomic E-state index is 12.5. The van der Waals surface area contributed by atoms with Crippen molar-refractivity contribution in [2.45, 2.75) is 44.1 Å². The fourth-order valence-electron chi connectivity index (χ4n) is 3.62. The largest absolute Gasteiger partial charge is 0.355 e. The number of hydrogen-bond acceptors (Lipinski definition) is 5. The third-order valence-corrected chi connectivity index (χ3v) is 5.08. The van der Waals surface area contributed by atoms with E-state index in [0.29, 0.717) is 6.54 Å². The average Bonchev–Trinajstić information content (AvgIpc) is 3.05. The van der Waals surface area contributed by atoms with Crippen LogP contribution in [0.4, 0.5) is 5.82 Å². The number of nitrogens with zero attached hydrogens (tertiary/aromatic N) is 3. The van der Waals surface area contributed by atoms with Crippen LogP contribution in [0.25, 0.3) is 0 Å². The number of hydrogen-bond donors (Lipinski definition) is 2. The topological polar surface area (TPSA) is 84.1 Å². The van der Waals surface area contributed by atoms with Crippen LogP contribution in [0.5, 0.6) is 0 Å². The van der Waals surface area contributed by atoms with E-state index in [4.69, 9.17) is 5.73 Å². The zero-order valence-corrected chi connectivity index (χ0v) is 13.0. The average molecular weight is 303 g/mol. The van der Waals surface area contributed by atoms with Crippen molar-refractivity contribution in [2.24, 2.45) is 11.7 Å². The van der Waals surface area contributed by atoms with Gasteiger partial charge in [-0.3, -0.25) is 9.78 Å². The highest BCUT2D eigenvalue weighted by molar-refractivity contribution is 5.79. The Morgan fingerprint density at radius 2 is 2.05 bits per heavy atom. The molecule has 3 rings (SSSR count). The minimum Gasteiger partial charge on any atom is -0.355 e. The van der Waals surface area contributed by atoms with Gasteiger partial charge in [-0.25, -0.2) is 4.98 Å². The quantitative estimate of drug-likeness (QED) is 0.869. The Labute approximate surface area is 131 Å². The molecule has 3 N–H and O–H groups in total. The predicted octanol–water partition coefficient (Wildman–Crippen LogP) is 1.08. The summed E-state index contributed by atoms with van der Waals surface area (Å²) in [4.78, 5) is 23.2. The van der Waals surface area contributed by atoms with Gasteiger partial charge in [0.2, 0.25) is 5.91 Å². The van der Waals surface area contributed by atoms with Crippen molar-refractivity contribution in [1.82, 2.24) is 15.3 Å². The first-order chi connectivity index (χ1) is 10.7. The zero-order valence-electron chi connectivity index (χ0n) is 13.0. The first kappa shape index (κ1) is 15.2. The summed E-state index contributed by atoms with van der Waals surface area (Å²) in [5.41, 5.74) is 5.77. The molecule has 22 heavy (non-hydrogen) atoms. The Morgan fingerprint density at radius 3 is 2.64 bits per heavy atom. The van der Waals surface area contributed by atoms with Crippen LogP contribution in [0.15, 0.2) is 18.6 Å². The molecule has 1 amide bonds. The molecular weight excluding hydrogens is 278 g/mol. The van der Waals surface area contributed by atoms with E-state index < -0.39 is 0 Å². The number of carbonyl (C=O) groups excluding carboxylic acids is 1. The minimum atomic E-state index is -0.140. The van der Waals surface area contributed by atoms with Crippen LogP contribution in [0, 0.1) is 5.92 Å². The first-order valence-corrected chi connectivity index (χ1v) is 8.25. The van der Waals surface area contributed by atoms with Crippen LogP contribution >= 0.6 is 0 Å². The summed E-state index contributed by atoms with van der Waals surface area (Å²) in [7, 11) is 0. The SMILES string of the molecule is NCC1(NC(=O)C2CCN(c3cnccn3)CC2)CCCC1. The monoisotopic (exact) mass is 303 g/mol. The van der Waals surface area contributed by atoms with Crippen molar-refractivity contribution in [3.8, 4) is 0 Å². The standard InChI is InChI=1S/C16H25N5O/c17-12-16(5-1-2-6-16)20-15(22)13-3-9-21(10-4-13)14-11-18-7-8-19-14/h7-8,11,13H,1-6,9-10,12,17H2,(H,20,22). The molecule has 0 radical (unpaired) electrons. The van der Waals surface area contributed by atoms with Crippen molar-refractivity contribution in [3.63, 3.8) is 0 Å². The number of amides is 1. The van der Waals surface area contributed by atoms with Crippen molar-refractivity contribution in [1.29, 1.82) is 0 Å². The molecule has 1 aromatic heterocycles. The van der Waals surface area contributed by atoms with Gasteiger partial charge in [0.25, 0.3) is 0 Å². The van der Waals surface area contributed by atoms with Crippen molar-refractivity contribution in [3.05, 3.63) is 18.6 Å². The number of anilines is 1. The second kappa shape index (κ2) is 6.60. The highest BCUT2D eigenvalue weighted by Gasteiger charge is 2.36. The molecule has 1 aliphatic carbocycles. The first-order valence-electron chi connectivity index (χ1n) is 8.25. The van der Waals surface area contributed by atoms with E-state index in [1.54, 1.807) is 18.6 Å². The molecule has 6 heteroatoms. The van der Waals surface area contributed by atoms with E-state index >= 15 is 0 Å². The summed E-state index contributed by atoms with van der Waals surface area (Å²) in [5, 5.41) is 3.26. The van der Waals surface area contributed by atoms with Crippen molar-refractivity contribution >= 4 is 11.7 Å². The number of rotatable bonds is 4. The predicted molar refractivity (Wildman–Crippen MR) is 85.4 cm³/mol. The van der Waals surface area contributed by atoms with E-state index in [1.807, 2.05) is 0 Å². The van der Waals surface area contributed by atoms with Gasteiger partial charge in [0, 0.05) is 37.9 Å². The van der Waals surface area contributed by atoms with E-state index in [1.165, 1.54) is 12.8 Å². The number of carbonyl (C=O) groups is 1. The zero-order chi connectivity index (χ0) is 15.4. The van der Waals surface area contributed by atoms with Gasteiger partial charge in [0.15, 0.2) is 0 Å². The number of piperidine rings is 1. The maximum Gasteiger partial charge on any atom is 0.223 e. The van der Waals surface area contributed by atoms with Crippen LogP contribution in [-0.2, 0) is 4.79 Å². The summed E-state index contributed by atoms with van der Waals surface area (Å²) in [6.07, 6.45) is 11.3. The lowest BCUT2D eigenvalue weighted by atomic mass is 9.92. The summed E-state index contributed by atoms with van der Waals surface area (Å²) in [5.74, 6) is 1.18. The van der Waals surface area contributed by atoms with Crippen molar-refractivity contribution < 1.29 is 4.79 Å². The lowest BCUT2D eigenvalue weighted by Gasteiger charge is -2.35. The molecule has 0 unspecified atom stereocenters. The number of aromatic nitrogens is 2. The lowest BCUT2D eigenvalue weighted by Crippen LogP contribution is -2.54. The normalized spacial score (nSPS) is 21.8. The second-order valence-corrected chi connectivity index (χ2v) is 6.51. The Hall–Kier alpha value is -1.69. The molecular formula is C16H25N5O. The van der Waals surface area contributed by atoms with Crippen LogP contribution in [-0.4, -0.2) is 41.0 Å². The van der Waals surface area contributed by atoms with E-state index in [9.17, 15) is 4.79 Å². The number of nitrogens with one attached hydrogen (secondary N) is 1. The third kappa shape index (κ3) is 3.21. The van der Waals surface area contributed by atoms with Crippen LogP contribution < -0.4 is 16.0 Å². The highest BCUT2D eigenvalue weighted by atomic mass is 16.2. The second-order valence-electron chi connectivity index (χ2n) is 6.51. The van der Waals surface area contributed by atoms with E-state index in [2.05, 4.69) is 20.2 Å². The van der Waals surface area contributed by atoms with Gasteiger partial charge >= 0.3 is 0 Å². The van der Waals surface area contributed by atoms with Crippen LogP contribution in [0.2, 0.25) is 0 Å². The molecule has 1 aliphatic heterocycles. The molecule has 2 heterocycles. The molecule has 2 fully saturated rings. The van der Waals surface area contributed by atoms with Gasteiger partial charge in [0.05, 0.1) is 11.7 Å². The van der Waals surface area contributed by atoms with Gasteiger partial charge < -0.3 is 16.0 Å². The molecule has 2 aliphatic rings. The summed E-state index contributed by atoms with van der Waals surface area (Å²) < 4.78 is 0. The summed E-state index contributed by atoms with van der Waals surface area (Å²) >= 11 is 0. The molecule has 0 bridgehead atoms. The van der Waals surface area contributed by atoms with E-state index in [0.717, 1.165) is 44.6 Å². The van der Waals surface area contributed by atoms with Crippen LogP contribution in [0.1, 0.15) is 38.5 Å². The Balaban J connectivity index is 1.54. The molecule has 0 atom stereocenters. The minimum absolute atomic E-state index is 0.0944. The van der Waals surface area contributed by atoms with Gasteiger partial charge in [-0.05, 0) is 25.7 Å². The molecule has 1 saturated heterocycles. The smallest absolute Gasteiger partial charge is 0.223 e. The summed E-state index contributed by atoms with van der Waals surface area (Å²) in [6, 6.07) is 0. The number of nitrogens with two attached hydrogens (primary N) is 1. The van der Waals surface area contributed by atoms with Gasteiger partial charge in [-0.1, -0.05) is 12.8 Å².